The van der Waals surface area contributed by atoms with E-state index in [1.54, 1.807) is 6.92 Å². The lowest BCUT2D eigenvalue weighted by atomic mass is 9.83. The van der Waals surface area contributed by atoms with Crippen molar-refractivity contribution in [3.05, 3.63) is 0 Å². The minimum atomic E-state index is -3.51. The predicted octanol–water partition coefficient (Wildman–Crippen LogP) is 0.295. The van der Waals surface area contributed by atoms with Gasteiger partial charge in [0.15, 0.2) is 0 Å². The SMILES string of the molecule is C[C@H]1[C@@H](COS(C)(=O)=O)OC(C2OC2(C)C)[C@]1(C)O. The van der Waals surface area contributed by atoms with Crippen molar-refractivity contribution in [2.45, 2.75) is 57.2 Å². The topological polar surface area (TPSA) is 85.4 Å². The Morgan fingerprint density at radius 2 is 1.79 bits per heavy atom. The first kappa shape index (κ1) is 15.2. The van der Waals surface area contributed by atoms with Crippen LogP contribution in [-0.2, 0) is 23.8 Å². The average molecular weight is 294 g/mol. The summed E-state index contributed by atoms with van der Waals surface area (Å²) in [5, 5.41) is 10.6. The zero-order valence-electron chi connectivity index (χ0n) is 11.9. The fourth-order valence-corrected chi connectivity index (χ4v) is 2.93. The number of rotatable bonds is 4. The van der Waals surface area contributed by atoms with Crippen LogP contribution in [0, 0.1) is 5.92 Å². The molecule has 0 aromatic heterocycles. The van der Waals surface area contributed by atoms with Crippen molar-refractivity contribution in [3.63, 3.8) is 0 Å². The summed E-state index contributed by atoms with van der Waals surface area (Å²) in [6.45, 7) is 7.30. The van der Waals surface area contributed by atoms with Gasteiger partial charge in [-0.1, -0.05) is 6.92 Å². The second-order valence-corrected chi connectivity index (χ2v) is 7.88. The van der Waals surface area contributed by atoms with E-state index < -0.39 is 27.9 Å². The molecule has 5 atom stereocenters. The smallest absolute Gasteiger partial charge is 0.264 e. The summed E-state index contributed by atoms with van der Waals surface area (Å²) in [4.78, 5) is 0. The van der Waals surface area contributed by atoms with E-state index in [9.17, 15) is 13.5 Å². The lowest BCUT2D eigenvalue weighted by Crippen LogP contribution is -2.44. The van der Waals surface area contributed by atoms with E-state index >= 15 is 0 Å². The van der Waals surface area contributed by atoms with Gasteiger partial charge in [-0.2, -0.15) is 8.42 Å². The van der Waals surface area contributed by atoms with Gasteiger partial charge in [0, 0.05) is 5.92 Å². The first-order valence-corrected chi connectivity index (χ1v) is 8.17. The average Bonchev–Trinajstić information content (AvgIpc) is 2.77. The van der Waals surface area contributed by atoms with Crippen molar-refractivity contribution in [2.75, 3.05) is 12.9 Å². The normalized spacial score (nSPS) is 45.4. The molecule has 7 heteroatoms. The minimum Gasteiger partial charge on any atom is -0.387 e. The molecule has 2 unspecified atom stereocenters. The second-order valence-electron chi connectivity index (χ2n) is 6.24. The van der Waals surface area contributed by atoms with Crippen LogP contribution in [0.5, 0.6) is 0 Å². The Kier molecular flexibility index (Phi) is 3.51. The molecule has 2 fully saturated rings. The Hall–Kier alpha value is -0.210. The minimum absolute atomic E-state index is 0.0835. The second kappa shape index (κ2) is 4.39. The molecule has 2 aliphatic rings. The van der Waals surface area contributed by atoms with Crippen molar-refractivity contribution >= 4 is 10.1 Å². The van der Waals surface area contributed by atoms with Crippen molar-refractivity contribution in [3.8, 4) is 0 Å². The molecule has 0 aromatic rings. The van der Waals surface area contributed by atoms with Crippen LogP contribution in [0.1, 0.15) is 27.7 Å². The first-order valence-electron chi connectivity index (χ1n) is 6.35. The quantitative estimate of drug-likeness (QED) is 0.593. The van der Waals surface area contributed by atoms with Gasteiger partial charge in [0.25, 0.3) is 10.1 Å². The molecule has 2 rings (SSSR count). The van der Waals surface area contributed by atoms with Crippen LogP contribution in [0.25, 0.3) is 0 Å². The van der Waals surface area contributed by atoms with Crippen LogP contribution in [0.2, 0.25) is 0 Å². The van der Waals surface area contributed by atoms with Crippen LogP contribution in [-0.4, -0.2) is 55.9 Å². The van der Waals surface area contributed by atoms with Gasteiger partial charge in [-0.05, 0) is 20.8 Å². The summed E-state index contributed by atoms with van der Waals surface area (Å²) in [5.74, 6) is -0.237. The molecule has 0 radical (unpaired) electrons. The monoisotopic (exact) mass is 294 g/mol. The zero-order valence-corrected chi connectivity index (χ0v) is 12.7. The Morgan fingerprint density at radius 1 is 1.26 bits per heavy atom. The fourth-order valence-electron chi connectivity index (χ4n) is 2.55. The van der Waals surface area contributed by atoms with E-state index in [0.717, 1.165) is 6.26 Å². The number of hydrogen-bond acceptors (Lipinski definition) is 6. The largest absolute Gasteiger partial charge is 0.387 e. The van der Waals surface area contributed by atoms with Crippen molar-refractivity contribution in [1.82, 2.24) is 0 Å². The molecular weight excluding hydrogens is 272 g/mol. The van der Waals surface area contributed by atoms with Gasteiger partial charge in [0.2, 0.25) is 0 Å². The molecule has 2 saturated heterocycles. The van der Waals surface area contributed by atoms with E-state index in [2.05, 4.69) is 0 Å². The first-order chi connectivity index (χ1) is 8.45. The van der Waals surface area contributed by atoms with Gasteiger partial charge < -0.3 is 14.6 Å². The van der Waals surface area contributed by atoms with Gasteiger partial charge in [-0.25, -0.2) is 0 Å². The molecule has 0 saturated carbocycles. The fraction of sp³-hybridized carbons (Fsp3) is 1.00. The number of ether oxygens (including phenoxy) is 2. The number of aliphatic hydroxyl groups is 1. The summed E-state index contributed by atoms with van der Waals surface area (Å²) < 4.78 is 38.1. The predicted molar refractivity (Wildman–Crippen MR) is 68.2 cm³/mol. The van der Waals surface area contributed by atoms with E-state index in [4.69, 9.17) is 13.7 Å². The van der Waals surface area contributed by atoms with Crippen molar-refractivity contribution < 1.29 is 27.2 Å². The van der Waals surface area contributed by atoms with Crippen LogP contribution >= 0.6 is 0 Å². The lowest BCUT2D eigenvalue weighted by Gasteiger charge is -2.27. The molecule has 2 aliphatic heterocycles. The van der Waals surface area contributed by atoms with Crippen molar-refractivity contribution in [2.24, 2.45) is 5.92 Å². The Balaban J connectivity index is 2.05. The Bertz CT molecular complexity index is 455. The van der Waals surface area contributed by atoms with Crippen LogP contribution in [0.4, 0.5) is 0 Å². The van der Waals surface area contributed by atoms with Gasteiger partial charge in [0.05, 0.1) is 30.2 Å². The van der Waals surface area contributed by atoms with Gasteiger partial charge >= 0.3 is 0 Å². The third kappa shape index (κ3) is 2.95. The van der Waals surface area contributed by atoms with E-state index in [0.29, 0.717) is 0 Å². The zero-order chi connectivity index (χ0) is 14.6. The maximum atomic E-state index is 11.0. The summed E-state index contributed by atoms with van der Waals surface area (Å²) >= 11 is 0. The van der Waals surface area contributed by atoms with E-state index in [1.165, 1.54) is 0 Å². The molecule has 19 heavy (non-hydrogen) atoms. The highest BCUT2D eigenvalue weighted by molar-refractivity contribution is 7.85. The molecule has 112 valence electrons. The van der Waals surface area contributed by atoms with E-state index in [1.807, 2.05) is 20.8 Å². The van der Waals surface area contributed by atoms with Crippen LogP contribution in [0.15, 0.2) is 0 Å². The maximum Gasteiger partial charge on any atom is 0.264 e. The molecular formula is C12H22O6S. The van der Waals surface area contributed by atoms with Crippen LogP contribution < -0.4 is 0 Å². The summed E-state index contributed by atoms with van der Waals surface area (Å²) in [6.07, 6.45) is -0.108. The Morgan fingerprint density at radius 3 is 2.21 bits per heavy atom. The highest BCUT2D eigenvalue weighted by atomic mass is 32.2. The van der Waals surface area contributed by atoms with E-state index in [-0.39, 0.29) is 24.2 Å². The highest BCUT2D eigenvalue weighted by Gasteiger charge is 2.63. The summed E-state index contributed by atoms with van der Waals surface area (Å²) in [6, 6.07) is 0. The molecule has 0 bridgehead atoms. The maximum absolute atomic E-state index is 11.0. The third-order valence-corrected chi connectivity index (χ3v) is 4.72. The number of epoxide rings is 1. The van der Waals surface area contributed by atoms with Gasteiger partial charge in [0.1, 0.15) is 12.2 Å². The van der Waals surface area contributed by atoms with Gasteiger partial charge in [-0.3, -0.25) is 4.18 Å². The highest BCUT2D eigenvalue weighted by Crippen LogP contribution is 2.48. The molecule has 0 aromatic carbocycles. The summed E-state index contributed by atoms with van der Waals surface area (Å²) in [5.41, 5.74) is -1.37. The Labute approximate surface area is 114 Å². The molecule has 0 amide bonds. The number of hydrogen-bond donors (Lipinski definition) is 1. The van der Waals surface area contributed by atoms with Crippen molar-refractivity contribution in [1.29, 1.82) is 0 Å². The molecule has 0 aliphatic carbocycles. The standard InChI is InChI=1S/C12H22O6S/c1-7-8(6-16-19(5,14)15)17-10(12(7,4)13)9-11(2,3)18-9/h7-10,13H,6H2,1-5H3/t7-,8+,9?,10?,12+/m0/s1. The molecule has 1 N–H and O–H groups in total. The summed E-state index contributed by atoms with van der Waals surface area (Å²) in [7, 11) is -3.51. The third-order valence-electron chi connectivity index (χ3n) is 4.16. The molecule has 0 spiro atoms. The van der Waals surface area contributed by atoms with Crippen LogP contribution in [0.3, 0.4) is 0 Å². The molecule has 2 heterocycles. The van der Waals surface area contributed by atoms with Gasteiger partial charge in [-0.15, -0.1) is 0 Å². The molecule has 6 nitrogen and oxygen atoms in total. The lowest BCUT2D eigenvalue weighted by molar-refractivity contribution is -0.0579.